The molecular weight excluding hydrogens is 1010 g/mol. The Morgan fingerprint density at radius 1 is 0.370 bits per heavy atom. The molecule has 0 rings (SSSR count). The number of quaternary nitrogens is 1. The monoisotopic (exact) mass is 1120 g/mol. The van der Waals surface area contributed by atoms with Crippen molar-refractivity contribution in [3.05, 3.63) is 182 Å². The van der Waals surface area contributed by atoms with E-state index in [9.17, 15) is 19.5 Å². The highest BCUT2D eigenvalue weighted by Crippen LogP contribution is 2.12. The molecule has 0 amide bonds. The summed E-state index contributed by atoms with van der Waals surface area (Å²) in [5, 5.41) is 9.72. The van der Waals surface area contributed by atoms with Gasteiger partial charge in [0.2, 0.25) is 0 Å². The van der Waals surface area contributed by atoms with Gasteiger partial charge in [0.1, 0.15) is 13.2 Å². The third-order valence-electron chi connectivity index (χ3n) is 12.2. The fourth-order valence-corrected chi connectivity index (χ4v) is 7.48. The van der Waals surface area contributed by atoms with Gasteiger partial charge in [-0.3, -0.25) is 9.59 Å². The number of carbonyl (C=O) groups excluding carboxylic acids is 2. The molecular formula is C72H112NO8+. The summed E-state index contributed by atoms with van der Waals surface area (Å²) < 4.78 is 22.8. The van der Waals surface area contributed by atoms with E-state index in [1.807, 2.05) is 21.1 Å². The summed E-state index contributed by atoms with van der Waals surface area (Å²) in [6.45, 7) is 4.56. The fourth-order valence-electron chi connectivity index (χ4n) is 7.48. The number of carboxylic acids is 1. The number of nitrogens with zero attached hydrogens (tertiary/aromatic N) is 1. The molecule has 0 aromatic carbocycles. The topological polar surface area (TPSA) is 108 Å². The van der Waals surface area contributed by atoms with Crippen molar-refractivity contribution in [1.29, 1.82) is 0 Å². The molecule has 0 aliphatic carbocycles. The van der Waals surface area contributed by atoms with Crippen LogP contribution < -0.4 is 0 Å². The highest BCUT2D eigenvalue weighted by atomic mass is 16.7. The summed E-state index contributed by atoms with van der Waals surface area (Å²) in [6.07, 6.45) is 89.7. The van der Waals surface area contributed by atoms with Crippen LogP contribution in [0.5, 0.6) is 0 Å². The molecule has 0 aromatic heterocycles. The van der Waals surface area contributed by atoms with Crippen LogP contribution in [0.2, 0.25) is 0 Å². The molecule has 0 aliphatic rings. The Morgan fingerprint density at radius 2 is 0.667 bits per heavy atom. The van der Waals surface area contributed by atoms with E-state index >= 15 is 0 Å². The molecule has 81 heavy (non-hydrogen) atoms. The second kappa shape index (κ2) is 60.5. The predicted molar refractivity (Wildman–Crippen MR) is 345 cm³/mol. The van der Waals surface area contributed by atoms with E-state index in [1.54, 1.807) is 0 Å². The second-order valence-electron chi connectivity index (χ2n) is 20.9. The fraction of sp³-hybridized carbons (Fsp3) is 0.542. The summed E-state index contributed by atoms with van der Waals surface area (Å²) in [6, 6.07) is 0. The molecule has 0 fully saturated rings. The molecule has 0 saturated carbocycles. The first-order chi connectivity index (χ1) is 39.6. The Bertz CT molecular complexity index is 1980. The van der Waals surface area contributed by atoms with Crippen LogP contribution in [0.1, 0.15) is 194 Å². The molecule has 9 nitrogen and oxygen atoms in total. The third kappa shape index (κ3) is 61.9. The van der Waals surface area contributed by atoms with Crippen LogP contribution in [0.25, 0.3) is 0 Å². The average Bonchev–Trinajstić information content (AvgIpc) is 3.44. The Hall–Kier alpha value is -5.61. The zero-order chi connectivity index (χ0) is 59.1. The number of esters is 2. The van der Waals surface area contributed by atoms with Gasteiger partial charge in [-0.15, -0.1) is 0 Å². The second-order valence-corrected chi connectivity index (χ2v) is 20.9. The minimum absolute atomic E-state index is 0.167. The Morgan fingerprint density at radius 3 is 0.988 bits per heavy atom. The molecule has 0 aliphatic heterocycles. The zero-order valence-corrected chi connectivity index (χ0v) is 51.4. The van der Waals surface area contributed by atoms with E-state index in [0.29, 0.717) is 23.9 Å². The van der Waals surface area contributed by atoms with Crippen molar-refractivity contribution in [1.82, 2.24) is 0 Å². The number of aliphatic carboxylic acids is 1. The smallest absolute Gasteiger partial charge is 0.361 e. The van der Waals surface area contributed by atoms with Gasteiger partial charge in [0.05, 0.1) is 34.4 Å². The Balaban J connectivity index is 4.36. The number of rotatable bonds is 54. The van der Waals surface area contributed by atoms with Gasteiger partial charge < -0.3 is 28.5 Å². The SMILES string of the molecule is CC/C=C\C/C=C\C/C=C\C/C=C\C/C=C\C/C=C\C/C=C\C/C=C\C/C=C\C/C=C\CCCCCCC(=O)OC(COC(=O)CCCCCCC/C=C\C/C=C\C/C=C\C/C=C\C/C=C\CC)COC(OCC[N+](C)(C)C)C(=O)O. The molecule has 0 saturated heterocycles. The predicted octanol–water partition coefficient (Wildman–Crippen LogP) is 18.9. The van der Waals surface area contributed by atoms with Gasteiger partial charge in [-0.25, -0.2) is 4.79 Å². The molecule has 0 heterocycles. The van der Waals surface area contributed by atoms with Gasteiger partial charge in [-0.2, -0.15) is 0 Å². The van der Waals surface area contributed by atoms with Crippen molar-refractivity contribution in [2.75, 3.05) is 47.5 Å². The number of unbranched alkanes of at least 4 members (excludes halogenated alkanes) is 9. The summed E-state index contributed by atoms with van der Waals surface area (Å²) in [5.74, 6) is -2.09. The van der Waals surface area contributed by atoms with E-state index in [1.165, 1.54) is 0 Å². The molecule has 452 valence electrons. The number of allylic oxidation sites excluding steroid dienone is 30. The normalized spacial score (nSPS) is 14.0. The molecule has 1 N–H and O–H groups in total. The van der Waals surface area contributed by atoms with E-state index in [0.717, 1.165) is 154 Å². The number of carboxylic acid groups (broad SMARTS) is 1. The van der Waals surface area contributed by atoms with Gasteiger partial charge in [0.15, 0.2) is 6.10 Å². The largest absolute Gasteiger partial charge is 0.477 e. The highest BCUT2D eigenvalue weighted by Gasteiger charge is 2.25. The molecule has 0 bridgehead atoms. The maximum Gasteiger partial charge on any atom is 0.361 e. The number of hydrogen-bond donors (Lipinski definition) is 1. The molecule has 0 radical (unpaired) electrons. The van der Waals surface area contributed by atoms with Crippen LogP contribution in [0.4, 0.5) is 0 Å². The van der Waals surface area contributed by atoms with Crippen molar-refractivity contribution in [2.45, 2.75) is 206 Å². The van der Waals surface area contributed by atoms with E-state index in [4.69, 9.17) is 18.9 Å². The number of carbonyl (C=O) groups is 3. The van der Waals surface area contributed by atoms with Crippen LogP contribution in [0, 0.1) is 0 Å². The number of ether oxygens (including phenoxy) is 4. The van der Waals surface area contributed by atoms with Crippen molar-refractivity contribution >= 4 is 17.9 Å². The lowest BCUT2D eigenvalue weighted by atomic mass is 10.1. The van der Waals surface area contributed by atoms with Gasteiger partial charge in [-0.1, -0.05) is 228 Å². The molecule has 2 unspecified atom stereocenters. The molecule has 0 spiro atoms. The summed E-state index contributed by atoms with van der Waals surface area (Å²) >= 11 is 0. The minimum Gasteiger partial charge on any atom is -0.477 e. The first-order valence-electron chi connectivity index (χ1n) is 30.9. The highest BCUT2D eigenvalue weighted by molar-refractivity contribution is 5.71. The van der Waals surface area contributed by atoms with Crippen molar-refractivity contribution in [3.8, 4) is 0 Å². The van der Waals surface area contributed by atoms with Crippen LogP contribution in [-0.2, 0) is 33.3 Å². The van der Waals surface area contributed by atoms with E-state index in [-0.39, 0.29) is 38.6 Å². The van der Waals surface area contributed by atoms with Crippen LogP contribution in [0.3, 0.4) is 0 Å². The standard InChI is InChI=1S/C72H111NO8/c1-6-8-10-12-14-16-18-20-22-24-26-28-29-30-31-32-33-34-35-36-37-38-39-40-41-43-45-47-49-51-53-55-57-59-61-63-70(75)81-68(67-80-72(71(76)77)78-65-64-73(3,4)5)66-79-69(74)62-60-58-56-54-52-50-48-46-44-42-27-25-23-21-19-17-15-13-11-9-7-2/h8-11,14-17,20-23,26-28,30-31,33-34,36-37,39-40,42-43,45-46,48-49,51,68,72H,6-7,12-13,18-19,24-25,29,32,35,38,41,44,47,50,52-67H2,1-5H3/p+1/b10-8-,11-9-,16-14-,17-15-,22-20-,23-21-,28-26-,31-30-,34-33-,37-36-,40-39-,42-27-,45-43-,48-46-,51-49-. The summed E-state index contributed by atoms with van der Waals surface area (Å²) in [5.41, 5.74) is 0. The van der Waals surface area contributed by atoms with Gasteiger partial charge in [0.25, 0.3) is 6.29 Å². The van der Waals surface area contributed by atoms with Gasteiger partial charge >= 0.3 is 17.9 Å². The lowest BCUT2D eigenvalue weighted by molar-refractivity contribution is -0.870. The van der Waals surface area contributed by atoms with Crippen molar-refractivity contribution in [2.24, 2.45) is 0 Å². The lowest BCUT2D eigenvalue weighted by Crippen LogP contribution is -2.40. The third-order valence-corrected chi connectivity index (χ3v) is 12.2. The molecule has 0 aromatic rings. The first kappa shape index (κ1) is 75.4. The zero-order valence-electron chi connectivity index (χ0n) is 51.4. The minimum atomic E-state index is -1.54. The molecule has 9 heteroatoms. The average molecular weight is 1120 g/mol. The van der Waals surface area contributed by atoms with Crippen LogP contribution >= 0.6 is 0 Å². The van der Waals surface area contributed by atoms with Crippen LogP contribution in [-0.4, -0.2) is 87.4 Å². The van der Waals surface area contributed by atoms with Crippen molar-refractivity contribution in [3.63, 3.8) is 0 Å². The van der Waals surface area contributed by atoms with E-state index < -0.39 is 24.3 Å². The maximum atomic E-state index is 12.9. The van der Waals surface area contributed by atoms with Crippen LogP contribution in [0.15, 0.2) is 182 Å². The Kier molecular flexibility index (Phi) is 56.3. The van der Waals surface area contributed by atoms with E-state index in [2.05, 4.69) is 196 Å². The van der Waals surface area contributed by atoms with Crippen molar-refractivity contribution < 1.29 is 42.9 Å². The van der Waals surface area contributed by atoms with Gasteiger partial charge in [0, 0.05) is 12.8 Å². The first-order valence-corrected chi connectivity index (χ1v) is 30.9. The quantitative estimate of drug-likeness (QED) is 0.0211. The lowest BCUT2D eigenvalue weighted by Gasteiger charge is -2.25. The number of likely N-dealkylation sites (N-methyl/N-ethyl adjacent to an activating group) is 1. The van der Waals surface area contributed by atoms with Gasteiger partial charge in [-0.05, 0) is 135 Å². The molecule has 2 atom stereocenters. The Labute approximate surface area is 494 Å². The maximum absolute atomic E-state index is 12.9. The number of hydrogen-bond acceptors (Lipinski definition) is 7. The summed E-state index contributed by atoms with van der Waals surface area (Å²) in [7, 11) is 5.94. The summed E-state index contributed by atoms with van der Waals surface area (Å²) in [4.78, 5) is 37.5.